The van der Waals surface area contributed by atoms with Gasteiger partial charge in [-0.05, 0) is 12.0 Å². The molecule has 0 aromatic heterocycles. The molecule has 0 heterocycles. The van der Waals surface area contributed by atoms with E-state index in [1.165, 1.54) is 7.11 Å². The van der Waals surface area contributed by atoms with Crippen molar-refractivity contribution in [1.29, 1.82) is 0 Å². The third-order valence-electron chi connectivity index (χ3n) is 3.03. The fraction of sp³-hybridized carbons (Fsp3) is 0.188. The Kier molecular flexibility index (Phi) is 3.78. The van der Waals surface area contributed by atoms with Gasteiger partial charge in [-0.15, -0.1) is 0 Å². The number of esters is 1. The Morgan fingerprint density at radius 3 is 2.67 bits per heavy atom. The molecule has 1 aliphatic carbocycles. The summed E-state index contributed by atoms with van der Waals surface area (Å²) in [4.78, 5) is 12.0. The normalized spacial score (nSPS) is 22.3. The minimum absolute atomic E-state index is 0.227. The number of hydrogen-bond acceptors (Lipinski definition) is 2. The second-order valence-electron chi connectivity index (χ2n) is 4.27. The maximum Gasteiger partial charge on any atom is 0.319 e. The van der Waals surface area contributed by atoms with E-state index < -0.39 is 5.41 Å². The lowest BCUT2D eigenvalue weighted by molar-refractivity contribution is -0.147. The van der Waals surface area contributed by atoms with Crippen LogP contribution < -0.4 is 0 Å². The summed E-state index contributed by atoms with van der Waals surface area (Å²) in [6, 6.07) is 9.92. The summed E-state index contributed by atoms with van der Waals surface area (Å²) < 4.78 is 4.91. The molecule has 0 amide bonds. The third kappa shape index (κ3) is 2.59. The van der Waals surface area contributed by atoms with Crippen molar-refractivity contribution in [2.75, 3.05) is 7.11 Å². The van der Waals surface area contributed by atoms with E-state index in [0.29, 0.717) is 6.42 Å². The third-order valence-corrected chi connectivity index (χ3v) is 3.03. The number of rotatable bonds is 3. The Bertz CT molecular complexity index is 497. The molecular weight excluding hydrogens is 224 g/mol. The van der Waals surface area contributed by atoms with Gasteiger partial charge in [-0.1, -0.05) is 66.8 Å². The average Bonchev–Trinajstić information content (AvgIpc) is 2.46. The number of ether oxygens (including phenoxy) is 1. The van der Waals surface area contributed by atoms with Crippen LogP contribution in [0, 0.1) is 5.41 Å². The van der Waals surface area contributed by atoms with Crippen molar-refractivity contribution in [3.63, 3.8) is 0 Å². The predicted octanol–water partition coefficient (Wildman–Crippen LogP) is 3.38. The van der Waals surface area contributed by atoms with E-state index in [1.54, 1.807) is 0 Å². The quantitative estimate of drug-likeness (QED) is 0.757. The van der Waals surface area contributed by atoms with Crippen molar-refractivity contribution in [2.45, 2.75) is 6.42 Å². The van der Waals surface area contributed by atoms with E-state index in [-0.39, 0.29) is 5.97 Å². The van der Waals surface area contributed by atoms with E-state index in [2.05, 4.69) is 0 Å². The van der Waals surface area contributed by atoms with Crippen LogP contribution >= 0.6 is 0 Å². The minimum Gasteiger partial charge on any atom is -0.468 e. The first-order valence-electron chi connectivity index (χ1n) is 5.94. The average molecular weight is 240 g/mol. The van der Waals surface area contributed by atoms with Crippen LogP contribution in [0.25, 0.3) is 6.08 Å². The van der Waals surface area contributed by atoms with E-state index in [0.717, 1.165) is 5.56 Å². The van der Waals surface area contributed by atoms with Gasteiger partial charge in [-0.25, -0.2) is 0 Å². The van der Waals surface area contributed by atoms with Crippen LogP contribution in [-0.4, -0.2) is 13.1 Å². The van der Waals surface area contributed by atoms with Gasteiger partial charge in [0.05, 0.1) is 7.11 Å². The molecule has 0 saturated heterocycles. The Morgan fingerprint density at radius 2 is 2.06 bits per heavy atom. The molecule has 2 heteroatoms. The lowest BCUT2D eigenvalue weighted by atomic mass is 9.81. The fourth-order valence-electron chi connectivity index (χ4n) is 1.98. The number of carbonyl (C=O) groups is 1. The molecule has 0 N–H and O–H groups in total. The fourth-order valence-corrected chi connectivity index (χ4v) is 1.98. The maximum absolute atomic E-state index is 12.0. The smallest absolute Gasteiger partial charge is 0.319 e. The lowest BCUT2D eigenvalue weighted by Gasteiger charge is -2.24. The zero-order chi connectivity index (χ0) is 12.8. The molecule has 1 aromatic rings. The molecule has 0 aliphatic heterocycles. The standard InChI is InChI=1S/C16H16O2/c1-18-15(17)16(11-6-3-7-12-16)13-10-14-8-4-2-5-9-14/h2-11,13H,12H2,1H3. The molecule has 0 saturated carbocycles. The molecular formula is C16H16O2. The van der Waals surface area contributed by atoms with Crippen LogP contribution in [0.4, 0.5) is 0 Å². The molecule has 92 valence electrons. The maximum atomic E-state index is 12.0. The van der Waals surface area contributed by atoms with Crippen molar-refractivity contribution < 1.29 is 9.53 Å². The monoisotopic (exact) mass is 240 g/mol. The van der Waals surface area contributed by atoms with Crippen LogP contribution in [0.15, 0.2) is 60.7 Å². The highest BCUT2D eigenvalue weighted by Gasteiger charge is 2.33. The van der Waals surface area contributed by atoms with Crippen molar-refractivity contribution in [1.82, 2.24) is 0 Å². The Labute approximate surface area is 107 Å². The number of allylic oxidation sites excluding steroid dienone is 3. The van der Waals surface area contributed by atoms with Crippen LogP contribution in [-0.2, 0) is 9.53 Å². The first kappa shape index (κ1) is 12.4. The summed E-state index contributed by atoms with van der Waals surface area (Å²) in [6.45, 7) is 0. The summed E-state index contributed by atoms with van der Waals surface area (Å²) in [5.74, 6) is -0.227. The van der Waals surface area contributed by atoms with E-state index in [9.17, 15) is 4.79 Å². The molecule has 1 aromatic carbocycles. The molecule has 18 heavy (non-hydrogen) atoms. The SMILES string of the molecule is COC(=O)C1(C=Cc2ccccc2)C=CC=CC1. The summed E-state index contributed by atoms with van der Waals surface area (Å²) in [5, 5.41) is 0. The van der Waals surface area contributed by atoms with Crippen LogP contribution in [0.1, 0.15) is 12.0 Å². The van der Waals surface area contributed by atoms with Crippen LogP contribution in [0.3, 0.4) is 0 Å². The Hall–Kier alpha value is -2.09. The topological polar surface area (TPSA) is 26.3 Å². The van der Waals surface area contributed by atoms with Crippen molar-refractivity contribution >= 4 is 12.0 Å². The molecule has 1 aliphatic rings. The number of carbonyl (C=O) groups excluding carboxylic acids is 1. The zero-order valence-corrected chi connectivity index (χ0v) is 10.4. The van der Waals surface area contributed by atoms with Gasteiger partial charge < -0.3 is 4.74 Å². The second kappa shape index (κ2) is 5.50. The summed E-state index contributed by atoms with van der Waals surface area (Å²) in [5.41, 5.74) is 0.406. The van der Waals surface area contributed by atoms with Gasteiger partial charge in [-0.2, -0.15) is 0 Å². The highest BCUT2D eigenvalue weighted by molar-refractivity contribution is 5.83. The summed E-state index contributed by atoms with van der Waals surface area (Å²) in [7, 11) is 1.42. The number of hydrogen-bond donors (Lipinski definition) is 0. The van der Waals surface area contributed by atoms with Gasteiger partial charge in [0.25, 0.3) is 0 Å². The van der Waals surface area contributed by atoms with E-state index in [1.807, 2.05) is 66.8 Å². The predicted molar refractivity (Wildman–Crippen MR) is 72.8 cm³/mol. The lowest BCUT2D eigenvalue weighted by Crippen LogP contribution is -2.28. The highest BCUT2D eigenvalue weighted by Crippen LogP contribution is 2.31. The van der Waals surface area contributed by atoms with E-state index in [4.69, 9.17) is 4.74 Å². The van der Waals surface area contributed by atoms with Gasteiger partial charge in [-0.3, -0.25) is 4.79 Å². The number of methoxy groups -OCH3 is 1. The first-order valence-corrected chi connectivity index (χ1v) is 5.94. The van der Waals surface area contributed by atoms with Crippen molar-refractivity contribution in [2.24, 2.45) is 5.41 Å². The summed E-state index contributed by atoms with van der Waals surface area (Å²) >= 11 is 0. The molecule has 1 unspecified atom stereocenters. The number of benzene rings is 1. The van der Waals surface area contributed by atoms with Crippen molar-refractivity contribution in [3.05, 3.63) is 66.3 Å². The Morgan fingerprint density at radius 1 is 1.28 bits per heavy atom. The molecule has 2 nitrogen and oxygen atoms in total. The molecule has 0 bridgehead atoms. The summed E-state index contributed by atoms with van der Waals surface area (Å²) in [6.07, 6.45) is 12.2. The first-order chi connectivity index (χ1) is 8.77. The van der Waals surface area contributed by atoms with Crippen LogP contribution in [0.2, 0.25) is 0 Å². The molecule has 0 fully saturated rings. The minimum atomic E-state index is -0.667. The van der Waals surface area contributed by atoms with Gasteiger partial charge in [0.2, 0.25) is 0 Å². The molecule has 0 spiro atoms. The Balaban J connectivity index is 2.27. The largest absolute Gasteiger partial charge is 0.468 e. The molecule has 1 atom stereocenters. The van der Waals surface area contributed by atoms with Gasteiger partial charge >= 0.3 is 5.97 Å². The highest BCUT2D eigenvalue weighted by atomic mass is 16.5. The molecule has 0 radical (unpaired) electrons. The van der Waals surface area contributed by atoms with Crippen LogP contribution in [0.5, 0.6) is 0 Å². The second-order valence-corrected chi connectivity index (χ2v) is 4.27. The van der Waals surface area contributed by atoms with Crippen molar-refractivity contribution in [3.8, 4) is 0 Å². The zero-order valence-electron chi connectivity index (χ0n) is 10.4. The van der Waals surface area contributed by atoms with Gasteiger partial charge in [0, 0.05) is 0 Å². The van der Waals surface area contributed by atoms with Gasteiger partial charge in [0.15, 0.2) is 0 Å². The van der Waals surface area contributed by atoms with Gasteiger partial charge in [0.1, 0.15) is 5.41 Å². The molecule has 2 rings (SSSR count). The van der Waals surface area contributed by atoms with E-state index >= 15 is 0 Å².